The lowest BCUT2D eigenvalue weighted by atomic mass is 9.71. The topological polar surface area (TPSA) is 29.5 Å². The van der Waals surface area contributed by atoms with Crippen molar-refractivity contribution in [3.05, 3.63) is 0 Å². The Hall–Kier alpha value is -0.0800. The van der Waals surface area contributed by atoms with E-state index in [1.165, 1.54) is 51.4 Å². The monoisotopic (exact) mass is 268 g/mol. The largest absolute Gasteiger partial charge is 0.390 e. The molecule has 112 valence electrons. The molecule has 0 aromatic heterocycles. The minimum Gasteiger partial charge on any atom is -0.390 e. The third-order valence-corrected chi connectivity index (χ3v) is 5.42. The summed E-state index contributed by atoms with van der Waals surface area (Å²) in [6, 6.07) is 0. The van der Waals surface area contributed by atoms with Crippen LogP contribution < -0.4 is 0 Å². The van der Waals surface area contributed by atoms with Crippen LogP contribution in [0, 0.1) is 23.7 Å². The molecule has 0 saturated heterocycles. The first-order valence-electron chi connectivity index (χ1n) is 8.32. The van der Waals surface area contributed by atoms with Crippen molar-refractivity contribution in [3.63, 3.8) is 0 Å². The zero-order chi connectivity index (χ0) is 13.8. The molecule has 2 aliphatic carbocycles. The fraction of sp³-hybridized carbons (Fsp3) is 1.00. The highest BCUT2D eigenvalue weighted by Crippen LogP contribution is 2.38. The third kappa shape index (κ3) is 3.95. The van der Waals surface area contributed by atoms with Gasteiger partial charge in [-0.15, -0.1) is 0 Å². The van der Waals surface area contributed by atoms with Crippen LogP contribution in [0.15, 0.2) is 0 Å². The van der Waals surface area contributed by atoms with E-state index < -0.39 is 0 Å². The summed E-state index contributed by atoms with van der Waals surface area (Å²) in [4.78, 5) is 0. The Morgan fingerprint density at radius 3 is 2.00 bits per heavy atom. The molecule has 2 heteroatoms. The van der Waals surface area contributed by atoms with Gasteiger partial charge in [0.1, 0.15) is 0 Å². The summed E-state index contributed by atoms with van der Waals surface area (Å²) >= 11 is 0. The summed E-state index contributed by atoms with van der Waals surface area (Å²) in [5, 5.41) is 10.8. The molecule has 2 saturated carbocycles. The van der Waals surface area contributed by atoms with Crippen LogP contribution in [0.5, 0.6) is 0 Å². The zero-order valence-electron chi connectivity index (χ0n) is 13.0. The van der Waals surface area contributed by atoms with E-state index in [9.17, 15) is 5.11 Å². The minimum atomic E-state index is -0.252. The Balaban J connectivity index is 1.96. The Morgan fingerprint density at radius 1 is 0.895 bits per heavy atom. The maximum Gasteiger partial charge on any atom is 0.0860 e. The number of aliphatic hydroxyl groups is 1. The number of ether oxygens (including phenoxy) is 1. The Bertz CT molecular complexity index is 250. The molecular weight excluding hydrogens is 236 g/mol. The van der Waals surface area contributed by atoms with Crippen molar-refractivity contribution in [2.45, 2.75) is 77.4 Å². The van der Waals surface area contributed by atoms with Crippen LogP contribution in [0.2, 0.25) is 0 Å². The summed E-state index contributed by atoms with van der Waals surface area (Å²) in [7, 11) is 1.79. The zero-order valence-corrected chi connectivity index (χ0v) is 13.0. The van der Waals surface area contributed by atoms with Gasteiger partial charge in [0, 0.05) is 7.11 Å². The molecule has 2 rings (SSSR count). The van der Waals surface area contributed by atoms with E-state index in [1.807, 2.05) is 0 Å². The van der Waals surface area contributed by atoms with Crippen molar-refractivity contribution in [2.24, 2.45) is 23.7 Å². The molecule has 0 spiro atoms. The van der Waals surface area contributed by atoms with E-state index in [0.29, 0.717) is 11.8 Å². The summed E-state index contributed by atoms with van der Waals surface area (Å²) in [5.41, 5.74) is 0. The van der Waals surface area contributed by atoms with Gasteiger partial charge in [-0.3, -0.25) is 0 Å². The van der Waals surface area contributed by atoms with Crippen molar-refractivity contribution < 1.29 is 9.84 Å². The van der Waals surface area contributed by atoms with Gasteiger partial charge < -0.3 is 9.84 Å². The van der Waals surface area contributed by atoms with Crippen molar-refractivity contribution in [1.29, 1.82) is 0 Å². The van der Waals surface area contributed by atoms with E-state index in [-0.39, 0.29) is 12.2 Å². The second kappa shape index (κ2) is 7.08. The average Bonchev–Trinajstić information content (AvgIpc) is 2.39. The van der Waals surface area contributed by atoms with Crippen LogP contribution in [-0.2, 0) is 4.74 Å². The lowest BCUT2D eigenvalue weighted by Gasteiger charge is -2.40. The number of aliphatic hydroxyl groups excluding tert-OH is 1. The standard InChI is InChI=1S/C17H32O2/c1-12-9-13(2)11-15(10-12)16(18)17(19-3)14-7-5-4-6-8-14/h12-18H,4-11H2,1-3H3. The van der Waals surface area contributed by atoms with E-state index in [2.05, 4.69) is 13.8 Å². The molecule has 0 aliphatic heterocycles. The molecule has 0 heterocycles. The molecule has 2 aliphatic rings. The molecule has 4 atom stereocenters. The van der Waals surface area contributed by atoms with Gasteiger partial charge in [0.25, 0.3) is 0 Å². The fourth-order valence-corrected chi connectivity index (χ4v) is 4.63. The SMILES string of the molecule is COC(C1CCCCC1)C(O)C1CC(C)CC(C)C1. The first kappa shape index (κ1) is 15.3. The van der Waals surface area contributed by atoms with Crippen molar-refractivity contribution in [3.8, 4) is 0 Å². The van der Waals surface area contributed by atoms with Crippen LogP contribution in [0.3, 0.4) is 0 Å². The quantitative estimate of drug-likeness (QED) is 0.834. The van der Waals surface area contributed by atoms with E-state index in [1.54, 1.807) is 7.11 Å². The minimum absolute atomic E-state index is 0.0720. The van der Waals surface area contributed by atoms with Gasteiger partial charge in [-0.25, -0.2) is 0 Å². The van der Waals surface area contributed by atoms with Gasteiger partial charge >= 0.3 is 0 Å². The molecule has 0 aromatic carbocycles. The van der Waals surface area contributed by atoms with Crippen molar-refractivity contribution in [2.75, 3.05) is 7.11 Å². The molecule has 1 N–H and O–H groups in total. The first-order valence-corrected chi connectivity index (χ1v) is 8.32. The molecule has 2 fully saturated rings. The molecule has 0 radical (unpaired) electrons. The Labute approximate surface area is 118 Å². The first-order chi connectivity index (χ1) is 9.11. The summed E-state index contributed by atoms with van der Waals surface area (Å²) in [6.45, 7) is 4.66. The van der Waals surface area contributed by atoms with Gasteiger partial charge in [-0.1, -0.05) is 33.1 Å². The van der Waals surface area contributed by atoms with Gasteiger partial charge in [-0.2, -0.15) is 0 Å². The average molecular weight is 268 g/mol. The van der Waals surface area contributed by atoms with Gasteiger partial charge in [0.05, 0.1) is 12.2 Å². The second-order valence-electron chi connectivity index (χ2n) is 7.27. The summed E-state index contributed by atoms with van der Waals surface area (Å²) in [6.07, 6.45) is 9.98. The van der Waals surface area contributed by atoms with E-state index in [4.69, 9.17) is 4.74 Å². The van der Waals surface area contributed by atoms with E-state index >= 15 is 0 Å². The predicted molar refractivity (Wildman–Crippen MR) is 79.0 cm³/mol. The third-order valence-electron chi connectivity index (χ3n) is 5.42. The van der Waals surface area contributed by atoms with Crippen LogP contribution in [-0.4, -0.2) is 24.4 Å². The van der Waals surface area contributed by atoms with E-state index in [0.717, 1.165) is 11.8 Å². The Morgan fingerprint density at radius 2 is 1.47 bits per heavy atom. The van der Waals surface area contributed by atoms with Crippen molar-refractivity contribution >= 4 is 0 Å². The molecule has 0 amide bonds. The van der Waals surface area contributed by atoms with Crippen LogP contribution in [0.1, 0.15) is 65.2 Å². The fourth-order valence-electron chi connectivity index (χ4n) is 4.63. The predicted octanol–water partition coefficient (Wildman–Crippen LogP) is 4.01. The number of hydrogen-bond donors (Lipinski definition) is 1. The number of methoxy groups -OCH3 is 1. The maximum absolute atomic E-state index is 10.8. The van der Waals surface area contributed by atoms with Crippen LogP contribution in [0.25, 0.3) is 0 Å². The number of rotatable bonds is 4. The normalized spacial score (nSPS) is 36.9. The van der Waals surface area contributed by atoms with Gasteiger partial charge in [0.15, 0.2) is 0 Å². The summed E-state index contributed by atoms with van der Waals surface area (Å²) < 4.78 is 5.73. The lowest BCUT2D eigenvalue weighted by Crippen LogP contribution is -2.43. The molecule has 19 heavy (non-hydrogen) atoms. The van der Waals surface area contributed by atoms with Crippen molar-refractivity contribution in [1.82, 2.24) is 0 Å². The smallest absolute Gasteiger partial charge is 0.0860 e. The van der Waals surface area contributed by atoms with Crippen LogP contribution in [0.4, 0.5) is 0 Å². The second-order valence-corrected chi connectivity index (χ2v) is 7.27. The molecule has 0 bridgehead atoms. The summed E-state index contributed by atoms with van der Waals surface area (Å²) in [5.74, 6) is 2.55. The molecular formula is C17H32O2. The molecule has 0 aromatic rings. The highest BCUT2D eigenvalue weighted by atomic mass is 16.5. The molecule has 2 nitrogen and oxygen atoms in total. The highest BCUT2D eigenvalue weighted by Gasteiger charge is 2.37. The van der Waals surface area contributed by atoms with Gasteiger partial charge in [0.2, 0.25) is 0 Å². The van der Waals surface area contributed by atoms with Crippen LogP contribution >= 0.6 is 0 Å². The maximum atomic E-state index is 10.8. The lowest BCUT2D eigenvalue weighted by molar-refractivity contribution is -0.0900. The number of hydrogen-bond acceptors (Lipinski definition) is 2. The Kier molecular flexibility index (Phi) is 5.70. The van der Waals surface area contributed by atoms with Gasteiger partial charge in [-0.05, 0) is 55.8 Å². The molecule has 4 unspecified atom stereocenters. The highest BCUT2D eigenvalue weighted by molar-refractivity contribution is 4.87.